The summed E-state index contributed by atoms with van der Waals surface area (Å²) >= 11 is 0. The summed E-state index contributed by atoms with van der Waals surface area (Å²) in [6.45, 7) is 14.0. The van der Waals surface area contributed by atoms with Crippen LogP contribution in [-0.4, -0.2) is 36.1 Å². The predicted octanol–water partition coefficient (Wildman–Crippen LogP) is 12.4. The molecule has 3 aromatic heterocycles. The predicted molar refractivity (Wildman–Crippen MR) is 227 cm³/mol. The summed E-state index contributed by atoms with van der Waals surface area (Å²) in [5.74, 6) is 3.71. The monoisotopic (exact) mass is 704 g/mol. The molecule has 2 aliphatic rings. The van der Waals surface area contributed by atoms with Crippen LogP contribution in [0.1, 0.15) is 11.1 Å². The summed E-state index contributed by atoms with van der Waals surface area (Å²) in [5, 5.41) is 4.57. The Kier molecular flexibility index (Phi) is 7.37. The molecule has 4 aromatic carbocycles. The lowest BCUT2D eigenvalue weighted by Gasteiger charge is -2.09. The molecular weight excluding hydrogens is 665 g/mol. The third-order valence-electron chi connectivity index (χ3n) is 9.76. The maximum Gasteiger partial charge on any atom is 0.129 e. The highest BCUT2D eigenvalue weighted by Gasteiger charge is 2.24. The highest BCUT2D eigenvalue weighted by Crippen LogP contribution is 2.43. The largest absolute Gasteiger partial charge is 0.354 e. The molecule has 0 aliphatic carbocycles. The maximum atomic E-state index is 5.51. The van der Waals surface area contributed by atoms with Crippen LogP contribution in [0.4, 0.5) is 0 Å². The second-order valence-electron chi connectivity index (χ2n) is 16.0. The Balaban J connectivity index is 1.56. The van der Waals surface area contributed by atoms with Gasteiger partial charge in [0.15, 0.2) is 0 Å². The minimum absolute atomic E-state index is 0.902. The van der Waals surface area contributed by atoms with Gasteiger partial charge in [-0.05, 0) is 12.1 Å². The summed E-state index contributed by atoms with van der Waals surface area (Å²) in [6.07, 6.45) is 2.32. The van der Waals surface area contributed by atoms with Crippen LogP contribution < -0.4 is 0 Å². The molecule has 0 saturated carbocycles. The van der Waals surface area contributed by atoms with E-state index in [0.717, 1.165) is 99.8 Å². The van der Waals surface area contributed by atoms with E-state index in [-0.39, 0.29) is 0 Å². The highest BCUT2D eigenvalue weighted by molar-refractivity contribution is 6.84. The Morgan fingerprint density at radius 2 is 1.00 bits per heavy atom. The molecule has 0 radical (unpaired) electrons. The number of aromatic amines is 2. The SMILES string of the molecule is C[Si](C)(C)C#Cc1c2nc(cc3[nH]c(c(/C=C/[Si](C)(C)C)c4nc(cc5[nH]c1c1ccccc51)-c1ccccc1-4)c1ccccc31)-c1ccccc1-2. The molecule has 2 N–H and O–H groups in total. The van der Waals surface area contributed by atoms with Crippen LogP contribution in [0.25, 0.3) is 94.7 Å². The second-order valence-corrected chi connectivity index (χ2v) is 25.8. The Hall–Kier alpha value is -5.75. The third kappa shape index (κ3) is 5.54. The molecule has 8 bridgehead atoms. The van der Waals surface area contributed by atoms with Crippen molar-refractivity contribution in [2.45, 2.75) is 39.3 Å². The first-order chi connectivity index (χ1) is 25.0. The molecule has 9 rings (SSSR count). The molecule has 0 atom stereocenters. The molecule has 0 spiro atoms. The number of hydrogen-bond acceptors (Lipinski definition) is 2. The van der Waals surface area contributed by atoms with Crippen molar-refractivity contribution >= 4 is 65.8 Å². The Morgan fingerprint density at radius 3 is 1.56 bits per heavy atom. The van der Waals surface area contributed by atoms with E-state index in [2.05, 4.69) is 182 Å². The highest BCUT2D eigenvalue weighted by atomic mass is 28.3. The number of hydrogen-bond donors (Lipinski definition) is 2. The normalized spacial score (nSPS) is 12.6. The lowest BCUT2D eigenvalue weighted by molar-refractivity contribution is 1.39. The summed E-state index contributed by atoms with van der Waals surface area (Å²) in [4.78, 5) is 18.8. The molecule has 252 valence electrons. The molecule has 4 nitrogen and oxygen atoms in total. The molecule has 0 amide bonds. The molecule has 0 saturated heterocycles. The van der Waals surface area contributed by atoms with Crippen LogP contribution in [0, 0.1) is 11.5 Å². The lowest BCUT2D eigenvalue weighted by Crippen LogP contribution is -2.16. The summed E-state index contributed by atoms with van der Waals surface area (Å²) < 4.78 is 0. The van der Waals surface area contributed by atoms with Crippen LogP contribution in [-0.2, 0) is 0 Å². The molecule has 6 heteroatoms. The molecular formula is C46H40N4Si2. The van der Waals surface area contributed by atoms with Gasteiger partial charge in [0.05, 0.1) is 47.4 Å². The van der Waals surface area contributed by atoms with E-state index in [0.29, 0.717) is 0 Å². The van der Waals surface area contributed by atoms with Gasteiger partial charge in [-0.25, -0.2) is 9.97 Å². The minimum atomic E-state index is -1.76. The minimum Gasteiger partial charge on any atom is -0.354 e. The first kappa shape index (κ1) is 32.2. The average molecular weight is 705 g/mol. The van der Waals surface area contributed by atoms with Gasteiger partial charge in [0.25, 0.3) is 0 Å². The van der Waals surface area contributed by atoms with Crippen LogP contribution in [0.2, 0.25) is 39.3 Å². The van der Waals surface area contributed by atoms with Crippen LogP contribution in [0.3, 0.4) is 0 Å². The van der Waals surface area contributed by atoms with Crippen molar-refractivity contribution in [3.8, 4) is 56.5 Å². The van der Waals surface area contributed by atoms with E-state index in [9.17, 15) is 0 Å². The molecule has 52 heavy (non-hydrogen) atoms. The standard InChI is InChI=1S/C46H40N4Si2/c1-51(2,3)25-23-37-43-33-19-11-7-15-29(33)39(47-43)27-41-31-17-9-13-21-35(31)45(49-41)38(24-26-52(4,5)6)46-36-22-14-10-18-32(36)42(50-46)28-40-30-16-8-12-20-34(30)44(37)48-40/h7-23,25,27-28,47,50H,1-6H3/b25-23+,39-27?,40-28?,41-27?,42-28?,43-37?,44-37?,45-38?,46-38?. The summed E-state index contributed by atoms with van der Waals surface area (Å²) in [7, 11) is -3.34. The van der Waals surface area contributed by atoms with E-state index >= 15 is 0 Å². The zero-order valence-electron chi connectivity index (χ0n) is 30.4. The number of fused-ring (bicyclic) bond motifs is 20. The van der Waals surface area contributed by atoms with E-state index in [1.807, 2.05) is 0 Å². The average Bonchev–Trinajstić information content (AvgIpc) is 3.87. The Bertz CT molecular complexity index is 2880. The molecule has 0 unspecified atom stereocenters. The number of H-pyrrole nitrogens is 2. The second kappa shape index (κ2) is 11.9. The summed E-state index contributed by atoms with van der Waals surface area (Å²) in [5.41, 5.74) is 20.4. The van der Waals surface area contributed by atoms with Crippen molar-refractivity contribution in [3.05, 3.63) is 126 Å². The summed E-state index contributed by atoms with van der Waals surface area (Å²) in [6, 6.07) is 39.0. The number of aromatic nitrogens is 4. The van der Waals surface area contributed by atoms with Crippen molar-refractivity contribution < 1.29 is 0 Å². The Labute approximate surface area is 306 Å². The van der Waals surface area contributed by atoms with Gasteiger partial charge in [-0.1, -0.05) is 154 Å². The number of benzene rings is 4. The van der Waals surface area contributed by atoms with Gasteiger partial charge in [-0.15, -0.1) is 5.54 Å². The maximum absolute atomic E-state index is 5.51. The van der Waals surface area contributed by atoms with Crippen LogP contribution in [0.5, 0.6) is 0 Å². The smallest absolute Gasteiger partial charge is 0.129 e. The number of rotatable bonds is 2. The van der Waals surface area contributed by atoms with Crippen LogP contribution >= 0.6 is 0 Å². The van der Waals surface area contributed by atoms with Gasteiger partial charge in [0.2, 0.25) is 0 Å². The quantitative estimate of drug-likeness (QED) is 0.139. The van der Waals surface area contributed by atoms with E-state index < -0.39 is 16.1 Å². The zero-order chi connectivity index (χ0) is 35.8. The molecule has 2 aliphatic heterocycles. The Morgan fingerprint density at radius 1 is 0.538 bits per heavy atom. The van der Waals surface area contributed by atoms with E-state index in [4.69, 9.17) is 9.97 Å². The van der Waals surface area contributed by atoms with Crippen molar-refractivity contribution in [2.75, 3.05) is 0 Å². The number of nitrogens with one attached hydrogen (secondary N) is 2. The molecule has 0 fully saturated rings. The molecule has 7 aromatic rings. The van der Waals surface area contributed by atoms with Crippen molar-refractivity contribution in [1.29, 1.82) is 0 Å². The number of nitrogens with zero attached hydrogens (tertiary/aromatic N) is 2. The van der Waals surface area contributed by atoms with Gasteiger partial charge < -0.3 is 9.97 Å². The van der Waals surface area contributed by atoms with Gasteiger partial charge >= 0.3 is 0 Å². The first-order valence-corrected chi connectivity index (χ1v) is 25.1. The van der Waals surface area contributed by atoms with Crippen molar-refractivity contribution in [2.24, 2.45) is 0 Å². The van der Waals surface area contributed by atoms with Crippen LogP contribution in [0.15, 0.2) is 115 Å². The zero-order valence-corrected chi connectivity index (χ0v) is 32.4. The van der Waals surface area contributed by atoms with Crippen molar-refractivity contribution in [3.63, 3.8) is 0 Å². The van der Waals surface area contributed by atoms with Gasteiger partial charge in [0, 0.05) is 60.4 Å². The fourth-order valence-electron chi connectivity index (χ4n) is 7.35. The lowest BCUT2D eigenvalue weighted by atomic mass is 10.0. The fourth-order valence-corrected chi connectivity index (χ4v) is 8.52. The van der Waals surface area contributed by atoms with E-state index in [1.165, 1.54) is 0 Å². The third-order valence-corrected chi connectivity index (χ3v) is 11.8. The van der Waals surface area contributed by atoms with Gasteiger partial charge in [0.1, 0.15) is 8.07 Å². The first-order valence-electron chi connectivity index (χ1n) is 18.0. The topological polar surface area (TPSA) is 57.4 Å². The van der Waals surface area contributed by atoms with Gasteiger partial charge in [-0.2, -0.15) is 0 Å². The molecule has 5 heterocycles. The van der Waals surface area contributed by atoms with Crippen molar-refractivity contribution in [1.82, 2.24) is 19.9 Å². The van der Waals surface area contributed by atoms with E-state index in [1.54, 1.807) is 0 Å². The van der Waals surface area contributed by atoms with Gasteiger partial charge in [-0.3, -0.25) is 0 Å². The fraction of sp³-hybridized carbons (Fsp3) is 0.130.